The van der Waals surface area contributed by atoms with Crippen molar-refractivity contribution < 1.29 is 14.7 Å². The maximum Gasteiger partial charge on any atom is 0.273 e. The number of piperidine rings is 1. The molecule has 4 rings (SSSR count). The fourth-order valence-electron chi connectivity index (χ4n) is 3.88. The van der Waals surface area contributed by atoms with Crippen LogP contribution in [0.3, 0.4) is 0 Å². The molecule has 2 heterocycles. The topological polar surface area (TPSA) is 70.5 Å². The highest BCUT2D eigenvalue weighted by Crippen LogP contribution is 2.28. The van der Waals surface area contributed by atoms with Crippen molar-refractivity contribution in [3.63, 3.8) is 0 Å². The fourth-order valence-corrected chi connectivity index (χ4v) is 4.68. The number of ketones is 1. The van der Waals surface area contributed by atoms with Gasteiger partial charge in [0.15, 0.2) is 5.78 Å². The van der Waals surface area contributed by atoms with Gasteiger partial charge in [-0.1, -0.05) is 38.1 Å². The van der Waals surface area contributed by atoms with Crippen LogP contribution >= 0.6 is 11.3 Å². The Balaban J connectivity index is 1.38. The molecule has 0 atom stereocenters. The van der Waals surface area contributed by atoms with E-state index in [1.807, 2.05) is 5.38 Å². The average Bonchev–Trinajstić information content (AvgIpc) is 3.29. The molecule has 0 radical (unpaired) electrons. The van der Waals surface area contributed by atoms with Crippen molar-refractivity contribution in [1.29, 1.82) is 0 Å². The van der Waals surface area contributed by atoms with E-state index in [2.05, 4.69) is 43.1 Å². The number of phenols is 1. The van der Waals surface area contributed by atoms with Crippen molar-refractivity contribution in [2.24, 2.45) is 5.92 Å². The molecule has 1 amide bonds. The van der Waals surface area contributed by atoms with Crippen LogP contribution in [0.25, 0.3) is 10.6 Å². The summed E-state index contributed by atoms with van der Waals surface area (Å²) < 4.78 is 0. The molecule has 1 aliphatic heterocycles. The Bertz CT molecular complexity index is 1060. The van der Waals surface area contributed by atoms with Gasteiger partial charge in [0, 0.05) is 35.5 Å². The number of phenolic OH excluding ortho intramolecular Hbond substituents is 1. The zero-order valence-corrected chi connectivity index (χ0v) is 18.6. The van der Waals surface area contributed by atoms with Gasteiger partial charge in [-0.25, -0.2) is 4.98 Å². The number of nitrogens with zero attached hydrogens (tertiary/aromatic N) is 2. The Morgan fingerprint density at radius 3 is 2.29 bits per heavy atom. The SMILES string of the molecule is CC(C)c1ccc(-c2nc(C(=O)N3CCC(C(=O)c4ccc(O)cc4)CC3)cs2)cc1. The zero-order valence-electron chi connectivity index (χ0n) is 17.7. The van der Waals surface area contributed by atoms with Gasteiger partial charge < -0.3 is 10.0 Å². The molecule has 1 fully saturated rings. The summed E-state index contributed by atoms with van der Waals surface area (Å²) >= 11 is 1.48. The lowest BCUT2D eigenvalue weighted by atomic mass is 9.89. The molecule has 5 nitrogen and oxygen atoms in total. The summed E-state index contributed by atoms with van der Waals surface area (Å²) in [6.07, 6.45) is 1.28. The molecule has 1 N–H and O–H groups in total. The molecular formula is C25H26N2O3S. The number of Topliss-reactive ketones (excluding diaryl/α,β-unsaturated/α-hetero) is 1. The van der Waals surface area contributed by atoms with Crippen molar-refractivity contribution >= 4 is 23.0 Å². The van der Waals surface area contributed by atoms with Crippen LogP contribution in [0.2, 0.25) is 0 Å². The first-order valence-corrected chi connectivity index (χ1v) is 11.5. The van der Waals surface area contributed by atoms with Gasteiger partial charge >= 0.3 is 0 Å². The maximum absolute atomic E-state index is 12.9. The number of aromatic nitrogens is 1. The van der Waals surface area contributed by atoms with Gasteiger partial charge in [-0.05, 0) is 48.6 Å². The molecule has 1 aromatic heterocycles. The molecule has 0 spiro atoms. The molecule has 0 saturated carbocycles. The molecular weight excluding hydrogens is 408 g/mol. The normalized spacial score (nSPS) is 14.7. The number of thiazole rings is 1. The third kappa shape index (κ3) is 4.69. The van der Waals surface area contributed by atoms with Crippen molar-refractivity contribution in [1.82, 2.24) is 9.88 Å². The summed E-state index contributed by atoms with van der Waals surface area (Å²) in [7, 11) is 0. The quantitative estimate of drug-likeness (QED) is 0.548. The number of likely N-dealkylation sites (tertiary alicyclic amines) is 1. The van der Waals surface area contributed by atoms with E-state index in [0.29, 0.717) is 43.1 Å². The van der Waals surface area contributed by atoms with Crippen LogP contribution in [0, 0.1) is 5.92 Å². The molecule has 0 aliphatic carbocycles. The number of benzene rings is 2. The van der Waals surface area contributed by atoms with Crippen LogP contribution in [-0.2, 0) is 0 Å². The van der Waals surface area contributed by atoms with Crippen LogP contribution < -0.4 is 0 Å². The van der Waals surface area contributed by atoms with E-state index in [1.165, 1.54) is 29.0 Å². The van der Waals surface area contributed by atoms with E-state index >= 15 is 0 Å². The lowest BCUT2D eigenvalue weighted by molar-refractivity contribution is 0.0646. The van der Waals surface area contributed by atoms with Crippen LogP contribution in [0.4, 0.5) is 0 Å². The first-order valence-electron chi connectivity index (χ1n) is 10.6. The minimum atomic E-state index is -0.0981. The number of carbonyl (C=O) groups is 2. The highest BCUT2D eigenvalue weighted by Gasteiger charge is 2.29. The second kappa shape index (κ2) is 9.02. The van der Waals surface area contributed by atoms with E-state index in [9.17, 15) is 14.7 Å². The summed E-state index contributed by atoms with van der Waals surface area (Å²) in [4.78, 5) is 32.0. The van der Waals surface area contributed by atoms with Gasteiger partial charge in [0.1, 0.15) is 16.5 Å². The Kier molecular flexibility index (Phi) is 6.18. The van der Waals surface area contributed by atoms with Crippen molar-refractivity contribution in [3.8, 4) is 16.3 Å². The van der Waals surface area contributed by atoms with Gasteiger partial charge in [0.25, 0.3) is 5.91 Å². The van der Waals surface area contributed by atoms with E-state index in [4.69, 9.17) is 0 Å². The van der Waals surface area contributed by atoms with Crippen molar-refractivity contribution in [3.05, 3.63) is 70.7 Å². The fraction of sp³-hybridized carbons (Fsp3) is 0.320. The monoisotopic (exact) mass is 434 g/mol. The number of rotatable bonds is 5. The molecule has 0 bridgehead atoms. The largest absolute Gasteiger partial charge is 0.508 e. The number of carbonyl (C=O) groups excluding carboxylic acids is 2. The minimum Gasteiger partial charge on any atom is -0.508 e. The maximum atomic E-state index is 12.9. The summed E-state index contributed by atoms with van der Waals surface area (Å²) in [5, 5.41) is 12.1. The lowest BCUT2D eigenvalue weighted by Crippen LogP contribution is -2.40. The van der Waals surface area contributed by atoms with Gasteiger partial charge in [0.05, 0.1) is 0 Å². The van der Waals surface area contributed by atoms with Crippen LogP contribution in [-0.4, -0.2) is 39.8 Å². The molecule has 2 aromatic carbocycles. The minimum absolute atomic E-state index is 0.0724. The standard InChI is InChI=1S/C25H26N2O3S/c1-16(2)17-3-5-20(6-4-17)24-26-22(15-31-24)25(30)27-13-11-19(12-14-27)23(29)18-7-9-21(28)10-8-18/h3-10,15-16,19,28H,11-14H2,1-2H3. The molecule has 160 valence electrons. The molecule has 0 unspecified atom stereocenters. The Hall–Kier alpha value is -2.99. The van der Waals surface area contributed by atoms with E-state index in [0.717, 1.165) is 10.6 Å². The third-order valence-electron chi connectivity index (χ3n) is 5.85. The molecule has 3 aromatic rings. The van der Waals surface area contributed by atoms with Crippen molar-refractivity contribution in [2.75, 3.05) is 13.1 Å². The second-order valence-corrected chi connectivity index (χ2v) is 9.15. The molecule has 6 heteroatoms. The Morgan fingerprint density at radius 1 is 1.03 bits per heavy atom. The van der Waals surface area contributed by atoms with Gasteiger partial charge in [-0.3, -0.25) is 9.59 Å². The summed E-state index contributed by atoms with van der Waals surface area (Å²) in [6, 6.07) is 14.7. The molecule has 31 heavy (non-hydrogen) atoms. The first-order chi connectivity index (χ1) is 14.9. The number of hydrogen-bond donors (Lipinski definition) is 1. The smallest absolute Gasteiger partial charge is 0.273 e. The number of amides is 1. The third-order valence-corrected chi connectivity index (χ3v) is 6.74. The predicted octanol–water partition coefficient (Wildman–Crippen LogP) is 5.37. The number of hydrogen-bond acceptors (Lipinski definition) is 5. The Morgan fingerprint density at radius 2 is 1.68 bits per heavy atom. The highest BCUT2D eigenvalue weighted by atomic mass is 32.1. The lowest BCUT2D eigenvalue weighted by Gasteiger charge is -2.30. The van der Waals surface area contributed by atoms with Crippen LogP contribution in [0.15, 0.2) is 53.9 Å². The second-order valence-electron chi connectivity index (χ2n) is 8.29. The Labute approximate surface area is 186 Å². The highest BCUT2D eigenvalue weighted by molar-refractivity contribution is 7.13. The van der Waals surface area contributed by atoms with Crippen molar-refractivity contribution in [2.45, 2.75) is 32.6 Å². The predicted molar refractivity (Wildman–Crippen MR) is 123 cm³/mol. The van der Waals surface area contributed by atoms with Gasteiger partial charge in [-0.15, -0.1) is 11.3 Å². The summed E-state index contributed by atoms with van der Waals surface area (Å²) in [6.45, 7) is 5.42. The van der Waals surface area contributed by atoms with Crippen LogP contribution in [0.5, 0.6) is 5.75 Å². The van der Waals surface area contributed by atoms with E-state index in [-0.39, 0.29) is 23.4 Å². The van der Waals surface area contributed by atoms with E-state index < -0.39 is 0 Å². The average molecular weight is 435 g/mol. The van der Waals surface area contributed by atoms with Crippen LogP contribution in [0.1, 0.15) is 59.0 Å². The summed E-state index contributed by atoms with van der Waals surface area (Å²) in [5.74, 6) is 0.533. The summed E-state index contributed by atoms with van der Waals surface area (Å²) in [5.41, 5.74) is 3.37. The first kappa shape index (κ1) is 21.2. The van der Waals surface area contributed by atoms with E-state index in [1.54, 1.807) is 17.0 Å². The number of aromatic hydroxyl groups is 1. The molecule has 1 aliphatic rings. The zero-order chi connectivity index (χ0) is 22.0. The van der Waals surface area contributed by atoms with Gasteiger partial charge in [-0.2, -0.15) is 0 Å². The molecule has 1 saturated heterocycles. The van der Waals surface area contributed by atoms with Gasteiger partial charge in [0.2, 0.25) is 0 Å².